The van der Waals surface area contributed by atoms with E-state index in [0.29, 0.717) is 20.0 Å². The molecule has 1 N–H and O–H groups in total. The maximum atomic E-state index is 5.54. The van der Waals surface area contributed by atoms with Crippen molar-refractivity contribution < 1.29 is 18.9 Å². The Hall–Kier alpha value is -2.40. The number of ether oxygens (including phenoxy) is 4. The second-order valence-corrected chi connectivity index (χ2v) is 4.91. The van der Waals surface area contributed by atoms with Gasteiger partial charge in [-0.2, -0.15) is 0 Å². The van der Waals surface area contributed by atoms with E-state index in [2.05, 4.69) is 5.32 Å². The third-order valence-corrected chi connectivity index (χ3v) is 3.35. The quantitative estimate of drug-likeness (QED) is 0.797. The van der Waals surface area contributed by atoms with Gasteiger partial charge in [-0.3, -0.25) is 0 Å². The minimum Gasteiger partial charge on any atom is -0.491 e. The average Bonchev–Trinajstić information content (AvgIpc) is 3.02. The Balaban J connectivity index is 1.53. The Bertz CT molecular complexity index is 613. The third kappa shape index (κ3) is 3.62. The van der Waals surface area contributed by atoms with Gasteiger partial charge in [-0.05, 0) is 29.8 Å². The Morgan fingerprint density at radius 1 is 1.00 bits per heavy atom. The number of hydrogen-bond donors (Lipinski definition) is 1. The maximum absolute atomic E-state index is 5.54. The second kappa shape index (κ2) is 7.04. The molecule has 0 fully saturated rings. The van der Waals surface area contributed by atoms with E-state index in [1.54, 1.807) is 7.11 Å². The first-order valence-electron chi connectivity index (χ1n) is 7.19. The molecule has 0 unspecified atom stereocenters. The van der Waals surface area contributed by atoms with Crippen molar-refractivity contribution in [1.82, 2.24) is 0 Å². The summed E-state index contributed by atoms with van der Waals surface area (Å²) in [6.45, 7) is 2.18. The normalized spacial score (nSPS) is 12.2. The third-order valence-electron chi connectivity index (χ3n) is 3.35. The molecule has 1 aliphatic heterocycles. The smallest absolute Gasteiger partial charge is 0.231 e. The van der Waals surface area contributed by atoms with Crippen LogP contribution in [0.5, 0.6) is 17.2 Å². The number of fused-ring (bicyclic) bond motifs is 1. The molecule has 1 heterocycles. The summed E-state index contributed by atoms with van der Waals surface area (Å²) in [5.41, 5.74) is 2.18. The zero-order valence-corrected chi connectivity index (χ0v) is 12.5. The number of methoxy groups -OCH3 is 1. The van der Waals surface area contributed by atoms with Crippen molar-refractivity contribution in [2.75, 3.05) is 32.4 Å². The van der Waals surface area contributed by atoms with Crippen LogP contribution in [0.1, 0.15) is 5.56 Å². The average molecular weight is 301 g/mol. The molecule has 5 heteroatoms. The first-order chi connectivity index (χ1) is 10.8. The highest BCUT2D eigenvalue weighted by Crippen LogP contribution is 2.34. The van der Waals surface area contributed by atoms with Gasteiger partial charge in [0.2, 0.25) is 6.79 Å². The number of anilines is 1. The van der Waals surface area contributed by atoms with Gasteiger partial charge in [0.1, 0.15) is 12.4 Å². The van der Waals surface area contributed by atoms with Crippen LogP contribution >= 0.6 is 0 Å². The highest BCUT2D eigenvalue weighted by Gasteiger charge is 2.12. The van der Waals surface area contributed by atoms with Crippen molar-refractivity contribution in [2.24, 2.45) is 0 Å². The molecular weight excluding hydrogens is 282 g/mol. The Labute approximate surface area is 129 Å². The molecule has 22 heavy (non-hydrogen) atoms. The van der Waals surface area contributed by atoms with Gasteiger partial charge in [-0.25, -0.2) is 0 Å². The lowest BCUT2D eigenvalue weighted by Gasteiger charge is -2.09. The Kier molecular flexibility index (Phi) is 4.65. The van der Waals surface area contributed by atoms with E-state index in [1.807, 2.05) is 42.5 Å². The molecule has 5 nitrogen and oxygen atoms in total. The molecule has 3 rings (SSSR count). The molecule has 0 spiro atoms. The molecule has 0 amide bonds. The zero-order valence-electron chi connectivity index (χ0n) is 12.5. The van der Waals surface area contributed by atoms with Gasteiger partial charge in [-0.15, -0.1) is 0 Å². The van der Waals surface area contributed by atoms with Crippen LogP contribution in [-0.2, 0) is 11.3 Å². The van der Waals surface area contributed by atoms with Gasteiger partial charge in [0.15, 0.2) is 11.5 Å². The lowest BCUT2D eigenvalue weighted by atomic mass is 10.2. The molecule has 0 bridgehead atoms. The molecule has 0 atom stereocenters. The zero-order chi connectivity index (χ0) is 15.2. The molecule has 1 aliphatic rings. The molecule has 0 saturated heterocycles. The van der Waals surface area contributed by atoms with Crippen LogP contribution in [0.3, 0.4) is 0 Å². The summed E-state index contributed by atoms with van der Waals surface area (Å²) in [6.07, 6.45) is 0. The van der Waals surface area contributed by atoms with E-state index in [4.69, 9.17) is 18.9 Å². The maximum Gasteiger partial charge on any atom is 0.231 e. The van der Waals surface area contributed by atoms with Crippen LogP contribution in [0.4, 0.5) is 5.69 Å². The highest BCUT2D eigenvalue weighted by molar-refractivity contribution is 5.55. The van der Waals surface area contributed by atoms with Gasteiger partial charge >= 0.3 is 0 Å². The minimum atomic E-state index is 0.295. The number of rotatable bonds is 7. The van der Waals surface area contributed by atoms with Crippen molar-refractivity contribution in [3.8, 4) is 17.2 Å². The summed E-state index contributed by atoms with van der Waals surface area (Å²) in [6, 6.07) is 13.9. The van der Waals surface area contributed by atoms with Gasteiger partial charge in [0.25, 0.3) is 0 Å². The lowest BCUT2D eigenvalue weighted by molar-refractivity contribution is 0.146. The number of nitrogens with one attached hydrogen (secondary N) is 1. The van der Waals surface area contributed by atoms with Crippen molar-refractivity contribution >= 4 is 5.69 Å². The van der Waals surface area contributed by atoms with E-state index in [-0.39, 0.29) is 0 Å². The van der Waals surface area contributed by atoms with Crippen LogP contribution in [0, 0.1) is 0 Å². The van der Waals surface area contributed by atoms with Crippen LogP contribution in [-0.4, -0.2) is 27.1 Å². The van der Waals surface area contributed by atoms with Crippen LogP contribution < -0.4 is 19.5 Å². The standard InChI is InChI=1S/C17H19NO4/c1-19-8-9-20-15-5-2-13(3-6-15)11-18-14-4-7-16-17(10-14)22-12-21-16/h2-7,10,18H,8-9,11-12H2,1H3. The van der Waals surface area contributed by atoms with Crippen molar-refractivity contribution in [1.29, 1.82) is 0 Å². The predicted octanol–water partition coefficient (Wildman–Crippen LogP) is 3.05. The summed E-state index contributed by atoms with van der Waals surface area (Å²) < 4.78 is 21.2. The van der Waals surface area contributed by atoms with Crippen molar-refractivity contribution in [3.63, 3.8) is 0 Å². The largest absolute Gasteiger partial charge is 0.491 e. The van der Waals surface area contributed by atoms with Crippen LogP contribution in [0.25, 0.3) is 0 Å². The van der Waals surface area contributed by atoms with E-state index < -0.39 is 0 Å². The predicted molar refractivity (Wildman–Crippen MR) is 83.7 cm³/mol. The van der Waals surface area contributed by atoms with Gasteiger partial charge in [0.05, 0.1) is 6.61 Å². The van der Waals surface area contributed by atoms with E-state index in [0.717, 1.165) is 29.5 Å². The summed E-state index contributed by atoms with van der Waals surface area (Å²) >= 11 is 0. The van der Waals surface area contributed by atoms with Crippen molar-refractivity contribution in [3.05, 3.63) is 48.0 Å². The molecule has 0 aromatic heterocycles. The van der Waals surface area contributed by atoms with Gasteiger partial charge in [-0.1, -0.05) is 12.1 Å². The lowest BCUT2D eigenvalue weighted by Crippen LogP contribution is -2.04. The van der Waals surface area contributed by atoms with Crippen LogP contribution in [0.15, 0.2) is 42.5 Å². The number of benzene rings is 2. The molecular formula is C17H19NO4. The van der Waals surface area contributed by atoms with Gasteiger partial charge in [0, 0.05) is 25.4 Å². The van der Waals surface area contributed by atoms with E-state index >= 15 is 0 Å². The summed E-state index contributed by atoms with van der Waals surface area (Å²) in [5.74, 6) is 2.43. The Morgan fingerprint density at radius 3 is 2.64 bits per heavy atom. The number of hydrogen-bond acceptors (Lipinski definition) is 5. The highest BCUT2D eigenvalue weighted by atomic mass is 16.7. The minimum absolute atomic E-state index is 0.295. The van der Waals surface area contributed by atoms with Crippen molar-refractivity contribution in [2.45, 2.75) is 6.54 Å². The Morgan fingerprint density at radius 2 is 1.82 bits per heavy atom. The molecule has 0 saturated carbocycles. The molecule has 0 radical (unpaired) electrons. The molecule has 2 aromatic carbocycles. The first kappa shape index (κ1) is 14.5. The van der Waals surface area contributed by atoms with Gasteiger partial charge < -0.3 is 24.3 Å². The topological polar surface area (TPSA) is 49.0 Å². The molecule has 0 aliphatic carbocycles. The monoisotopic (exact) mass is 301 g/mol. The van der Waals surface area contributed by atoms with E-state index in [1.165, 1.54) is 5.56 Å². The fourth-order valence-electron chi connectivity index (χ4n) is 2.16. The molecule has 2 aromatic rings. The molecule has 116 valence electrons. The van der Waals surface area contributed by atoms with Crippen LogP contribution in [0.2, 0.25) is 0 Å². The second-order valence-electron chi connectivity index (χ2n) is 4.91. The summed E-state index contributed by atoms with van der Waals surface area (Å²) in [5, 5.41) is 3.37. The summed E-state index contributed by atoms with van der Waals surface area (Å²) in [4.78, 5) is 0. The first-order valence-corrected chi connectivity index (χ1v) is 7.19. The van der Waals surface area contributed by atoms with E-state index in [9.17, 15) is 0 Å². The fourth-order valence-corrected chi connectivity index (χ4v) is 2.16. The summed E-state index contributed by atoms with van der Waals surface area (Å²) in [7, 11) is 1.66. The fraction of sp³-hybridized carbons (Fsp3) is 0.294. The SMILES string of the molecule is COCCOc1ccc(CNc2ccc3c(c2)OCO3)cc1.